The third-order valence-electron chi connectivity index (χ3n) is 5.29. The summed E-state index contributed by atoms with van der Waals surface area (Å²) in [5, 5.41) is 3.21. The van der Waals surface area contributed by atoms with Crippen LogP contribution in [0.4, 0.5) is 0 Å². The van der Waals surface area contributed by atoms with Crippen molar-refractivity contribution in [1.82, 2.24) is 5.32 Å². The fourth-order valence-electron chi connectivity index (χ4n) is 4.27. The van der Waals surface area contributed by atoms with Gasteiger partial charge in [0.1, 0.15) is 0 Å². The van der Waals surface area contributed by atoms with Gasteiger partial charge < -0.3 is 9.73 Å². The van der Waals surface area contributed by atoms with Crippen LogP contribution in [0, 0.1) is 16.7 Å². The van der Waals surface area contributed by atoms with Gasteiger partial charge in [0, 0.05) is 6.04 Å². The molecule has 2 bridgehead atoms. The molecule has 0 saturated heterocycles. The molecule has 0 aromatic carbocycles. The molecule has 1 amide bonds. The van der Waals surface area contributed by atoms with Gasteiger partial charge in [0.05, 0.1) is 6.26 Å². The molecule has 0 spiro atoms. The summed E-state index contributed by atoms with van der Waals surface area (Å²) in [7, 11) is 0. The zero-order valence-electron chi connectivity index (χ0n) is 11.3. The Balaban J connectivity index is 1.82. The van der Waals surface area contributed by atoms with E-state index < -0.39 is 0 Å². The molecule has 3 atom stereocenters. The van der Waals surface area contributed by atoms with Crippen molar-refractivity contribution in [2.75, 3.05) is 0 Å². The SMILES string of the molecule is CC1(C)C2CC[C@](C)(C2)C1NC(=O)c1ccco1. The van der Waals surface area contributed by atoms with Crippen LogP contribution < -0.4 is 5.32 Å². The number of furan rings is 1. The fourth-order valence-corrected chi connectivity index (χ4v) is 4.27. The summed E-state index contributed by atoms with van der Waals surface area (Å²) in [5.74, 6) is 1.08. The summed E-state index contributed by atoms with van der Waals surface area (Å²) < 4.78 is 5.17. The third kappa shape index (κ3) is 1.53. The van der Waals surface area contributed by atoms with Gasteiger partial charge in [-0.3, -0.25) is 4.79 Å². The molecule has 18 heavy (non-hydrogen) atoms. The van der Waals surface area contributed by atoms with E-state index in [-0.39, 0.29) is 22.8 Å². The van der Waals surface area contributed by atoms with Crippen molar-refractivity contribution in [2.24, 2.45) is 16.7 Å². The van der Waals surface area contributed by atoms with Crippen LogP contribution in [0.2, 0.25) is 0 Å². The van der Waals surface area contributed by atoms with Crippen LogP contribution in [0.5, 0.6) is 0 Å². The molecule has 2 fully saturated rings. The average Bonchev–Trinajstić information content (AvgIpc) is 2.96. The molecule has 1 aromatic rings. The minimum absolute atomic E-state index is 0.0770. The Labute approximate surface area is 108 Å². The van der Waals surface area contributed by atoms with E-state index in [9.17, 15) is 4.79 Å². The lowest BCUT2D eigenvalue weighted by atomic mass is 9.68. The third-order valence-corrected chi connectivity index (χ3v) is 5.29. The number of carbonyl (C=O) groups is 1. The normalized spacial score (nSPS) is 36.8. The standard InChI is InChI=1S/C15H21NO2/c1-14(2)10-6-7-15(3,9-10)13(14)16-12(17)11-5-4-8-18-11/h4-5,8,10,13H,6-7,9H2,1-3H3,(H,16,17)/t10?,13?,15-/m1/s1. The van der Waals surface area contributed by atoms with Gasteiger partial charge in [0.25, 0.3) is 5.91 Å². The number of hydrogen-bond donors (Lipinski definition) is 1. The van der Waals surface area contributed by atoms with Crippen LogP contribution in [0.3, 0.4) is 0 Å². The van der Waals surface area contributed by atoms with Crippen LogP contribution in [-0.4, -0.2) is 11.9 Å². The molecule has 3 heteroatoms. The molecule has 1 N–H and O–H groups in total. The summed E-state index contributed by atoms with van der Waals surface area (Å²) in [4.78, 5) is 12.2. The topological polar surface area (TPSA) is 42.2 Å². The van der Waals surface area contributed by atoms with E-state index in [0.29, 0.717) is 5.76 Å². The van der Waals surface area contributed by atoms with Gasteiger partial charge in [-0.25, -0.2) is 0 Å². The predicted octanol–water partition coefficient (Wildman–Crippen LogP) is 3.22. The van der Waals surface area contributed by atoms with Crippen molar-refractivity contribution in [1.29, 1.82) is 0 Å². The highest BCUT2D eigenvalue weighted by Crippen LogP contribution is 2.62. The van der Waals surface area contributed by atoms with E-state index in [0.717, 1.165) is 5.92 Å². The fraction of sp³-hybridized carbons (Fsp3) is 0.667. The Morgan fingerprint density at radius 2 is 2.22 bits per heavy atom. The Morgan fingerprint density at radius 1 is 1.44 bits per heavy atom. The first-order valence-electron chi connectivity index (χ1n) is 6.78. The van der Waals surface area contributed by atoms with Gasteiger partial charge in [-0.15, -0.1) is 0 Å². The summed E-state index contributed by atoms with van der Waals surface area (Å²) in [5.41, 5.74) is 0.450. The predicted molar refractivity (Wildman–Crippen MR) is 69.2 cm³/mol. The molecule has 98 valence electrons. The highest BCUT2D eigenvalue weighted by atomic mass is 16.3. The maximum Gasteiger partial charge on any atom is 0.287 e. The summed E-state index contributed by atoms with van der Waals surface area (Å²) in [6.07, 6.45) is 5.31. The van der Waals surface area contributed by atoms with E-state index in [1.54, 1.807) is 18.4 Å². The lowest BCUT2D eigenvalue weighted by Crippen LogP contribution is -2.52. The summed E-state index contributed by atoms with van der Waals surface area (Å²) in [6.45, 7) is 6.89. The first kappa shape index (κ1) is 11.8. The van der Waals surface area contributed by atoms with Crippen molar-refractivity contribution in [3.05, 3.63) is 24.2 Å². The first-order chi connectivity index (χ1) is 8.43. The molecule has 2 saturated carbocycles. The highest BCUT2D eigenvalue weighted by molar-refractivity contribution is 5.91. The second-order valence-electron chi connectivity index (χ2n) is 6.80. The lowest BCUT2D eigenvalue weighted by Gasteiger charge is -2.42. The van der Waals surface area contributed by atoms with E-state index in [1.165, 1.54) is 19.3 Å². The second kappa shape index (κ2) is 3.62. The van der Waals surface area contributed by atoms with Crippen LogP contribution in [-0.2, 0) is 0 Å². The zero-order chi connectivity index (χ0) is 13.0. The van der Waals surface area contributed by atoms with Crippen LogP contribution in [0.25, 0.3) is 0 Å². The maximum atomic E-state index is 12.2. The smallest absolute Gasteiger partial charge is 0.287 e. The Bertz CT molecular complexity index is 458. The lowest BCUT2D eigenvalue weighted by molar-refractivity contribution is 0.0713. The summed E-state index contributed by atoms with van der Waals surface area (Å²) in [6, 6.07) is 3.72. The van der Waals surface area contributed by atoms with E-state index in [4.69, 9.17) is 4.42 Å². The molecular formula is C15H21NO2. The molecule has 3 rings (SSSR count). The summed E-state index contributed by atoms with van der Waals surface area (Å²) >= 11 is 0. The van der Waals surface area contributed by atoms with Crippen LogP contribution in [0.1, 0.15) is 50.6 Å². The molecule has 3 nitrogen and oxygen atoms in total. The van der Waals surface area contributed by atoms with Crippen molar-refractivity contribution in [3.63, 3.8) is 0 Å². The zero-order valence-corrected chi connectivity index (χ0v) is 11.3. The highest BCUT2D eigenvalue weighted by Gasteiger charge is 2.59. The van der Waals surface area contributed by atoms with Gasteiger partial charge >= 0.3 is 0 Å². The van der Waals surface area contributed by atoms with Crippen molar-refractivity contribution in [3.8, 4) is 0 Å². The van der Waals surface area contributed by atoms with Gasteiger partial charge in [-0.1, -0.05) is 20.8 Å². The molecule has 1 aromatic heterocycles. The molecule has 1 heterocycles. The second-order valence-corrected chi connectivity index (χ2v) is 6.80. The number of hydrogen-bond acceptors (Lipinski definition) is 2. The Morgan fingerprint density at radius 3 is 2.78 bits per heavy atom. The van der Waals surface area contributed by atoms with E-state index >= 15 is 0 Å². The van der Waals surface area contributed by atoms with Gasteiger partial charge in [-0.05, 0) is 48.1 Å². The van der Waals surface area contributed by atoms with Crippen molar-refractivity contribution >= 4 is 5.91 Å². The quantitative estimate of drug-likeness (QED) is 0.871. The minimum Gasteiger partial charge on any atom is -0.459 e. The molecular weight excluding hydrogens is 226 g/mol. The molecule has 2 aliphatic rings. The number of rotatable bonds is 2. The molecule has 0 radical (unpaired) electrons. The van der Waals surface area contributed by atoms with E-state index in [1.807, 2.05) is 0 Å². The Hall–Kier alpha value is -1.25. The first-order valence-corrected chi connectivity index (χ1v) is 6.78. The number of amides is 1. The van der Waals surface area contributed by atoms with Gasteiger partial charge in [-0.2, -0.15) is 0 Å². The molecule has 2 unspecified atom stereocenters. The van der Waals surface area contributed by atoms with Gasteiger partial charge in [0.2, 0.25) is 0 Å². The van der Waals surface area contributed by atoms with Crippen LogP contribution >= 0.6 is 0 Å². The van der Waals surface area contributed by atoms with Crippen molar-refractivity contribution in [2.45, 2.75) is 46.1 Å². The Kier molecular flexibility index (Phi) is 2.38. The van der Waals surface area contributed by atoms with Crippen LogP contribution in [0.15, 0.2) is 22.8 Å². The minimum atomic E-state index is -0.0770. The van der Waals surface area contributed by atoms with E-state index in [2.05, 4.69) is 26.1 Å². The molecule has 0 aliphatic heterocycles. The number of carbonyl (C=O) groups excluding carboxylic acids is 1. The van der Waals surface area contributed by atoms with Gasteiger partial charge in [0.15, 0.2) is 5.76 Å². The molecule has 2 aliphatic carbocycles. The van der Waals surface area contributed by atoms with Crippen molar-refractivity contribution < 1.29 is 9.21 Å². The monoisotopic (exact) mass is 247 g/mol. The number of nitrogens with one attached hydrogen (secondary N) is 1. The average molecular weight is 247 g/mol. The number of fused-ring (bicyclic) bond motifs is 2. The maximum absolute atomic E-state index is 12.2. The largest absolute Gasteiger partial charge is 0.459 e.